The number of ether oxygens (including phenoxy) is 3. The van der Waals surface area contributed by atoms with Gasteiger partial charge in [0.1, 0.15) is 6.10 Å². The van der Waals surface area contributed by atoms with Crippen molar-refractivity contribution >= 4 is 11.7 Å². The van der Waals surface area contributed by atoms with Crippen LogP contribution in [0, 0.1) is 51.0 Å². The molecule has 37 heavy (non-hydrogen) atoms. The number of rotatable bonds is 3. The molecule has 1 aromatic carbocycles. The number of allylic oxidation sites excluding steroid dienone is 1. The summed E-state index contributed by atoms with van der Waals surface area (Å²) in [4.78, 5) is 23.2. The van der Waals surface area contributed by atoms with Crippen molar-refractivity contribution in [2.75, 3.05) is 6.61 Å². The second-order valence-electron chi connectivity index (χ2n) is 12.7. The molecule has 6 rings (SSSR count). The molecule has 0 amide bonds. The lowest BCUT2D eigenvalue weighted by Crippen LogP contribution is -2.52. The quantitative estimate of drug-likeness (QED) is 0.205. The number of esters is 1. The zero-order valence-electron chi connectivity index (χ0n) is 22.1. The minimum absolute atomic E-state index is 0.0298. The van der Waals surface area contributed by atoms with Gasteiger partial charge in [-0.1, -0.05) is 32.9 Å². The number of hydrogen-bond donors (Lipinski definition) is 0. The number of nitro benzene ring substituents is 1. The first-order valence-corrected chi connectivity index (χ1v) is 14.2. The van der Waals surface area contributed by atoms with Crippen LogP contribution < -0.4 is 0 Å². The first kappa shape index (κ1) is 25.1. The molecule has 2 saturated carbocycles. The number of fused-ring (bicyclic) bond motifs is 5. The summed E-state index contributed by atoms with van der Waals surface area (Å²) in [5, 5.41) is 10.9. The predicted molar refractivity (Wildman–Crippen MR) is 138 cm³/mol. The fraction of sp³-hybridized carbons (Fsp3) is 0.700. The number of benzene rings is 1. The molecule has 1 aromatic rings. The van der Waals surface area contributed by atoms with Gasteiger partial charge in [-0.3, -0.25) is 10.1 Å². The summed E-state index contributed by atoms with van der Waals surface area (Å²) < 4.78 is 19.2. The zero-order chi connectivity index (χ0) is 25.9. The van der Waals surface area contributed by atoms with Gasteiger partial charge in [0.05, 0.1) is 23.2 Å². The number of non-ortho nitro benzene ring substituents is 1. The van der Waals surface area contributed by atoms with Crippen LogP contribution in [0.3, 0.4) is 0 Å². The molecule has 200 valence electrons. The monoisotopic (exact) mass is 509 g/mol. The van der Waals surface area contributed by atoms with Gasteiger partial charge in [0.25, 0.3) is 5.69 Å². The molecule has 7 heteroatoms. The Morgan fingerprint density at radius 2 is 1.86 bits per heavy atom. The van der Waals surface area contributed by atoms with Crippen molar-refractivity contribution in [3.63, 3.8) is 0 Å². The summed E-state index contributed by atoms with van der Waals surface area (Å²) in [5.41, 5.74) is 0.500. The van der Waals surface area contributed by atoms with E-state index in [1.54, 1.807) is 0 Å². The van der Waals surface area contributed by atoms with Crippen LogP contribution >= 0.6 is 0 Å². The van der Waals surface area contributed by atoms with Crippen molar-refractivity contribution in [1.29, 1.82) is 0 Å². The van der Waals surface area contributed by atoms with Crippen molar-refractivity contribution in [2.24, 2.45) is 40.9 Å². The Hall–Kier alpha value is -2.25. The summed E-state index contributed by atoms with van der Waals surface area (Å²) in [6.07, 6.45) is 12.2. The minimum atomic E-state index is -0.465. The fourth-order valence-electron chi connectivity index (χ4n) is 8.35. The molecule has 4 fully saturated rings. The molecule has 0 bridgehead atoms. The topological polar surface area (TPSA) is 87.9 Å². The van der Waals surface area contributed by atoms with E-state index in [4.69, 9.17) is 14.2 Å². The zero-order valence-corrected chi connectivity index (χ0v) is 22.1. The molecule has 5 aliphatic rings. The lowest BCUT2D eigenvalue weighted by molar-refractivity contribution is -0.384. The smallest absolute Gasteiger partial charge is 0.338 e. The van der Waals surface area contributed by atoms with Crippen molar-refractivity contribution < 1.29 is 23.9 Å². The number of carbonyl (C=O) groups is 1. The van der Waals surface area contributed by atoms with E-state index in [1.807, 2.05) is 0 Å². The molecule has 0 radical (unpaired) electrons. The first-order valence-electron chi connectivity index (χ1n) is 14.2. The number of hydrogen-bond acceptors (Lipinski definition) is 6. The molecule has 1 spiro atoms. The lowest BCUT2D eigenvalue weighted by Gasteiger charge is -2.55. The van der Waals surface area contributed by atoms with Crippen molar-refractivity contribution in [3.8, 4) is 0 Å². The van der Waals surface area contributed by atoms with Crippen LogP contribution in [0.5, 0.6) is 0 Å². The van der Waals surface area contributed by atoms with Crippen LogP contribution in [0.1, 0.15) is 76.1 Å². The maximum Gasteiger partial charge on any atom is 0.338 e. The SMILES string of the molecule is CC1CCC2(OC1)OC1C3C=CC4CC(OC(=O)c5ccc([N+](=O)[O-])cc5)CC[C@]4(C)C3CCC1C2C. The lowest BCUT2D eigenvalue weighted by atomic mass is 9.50. The Kier molecular flexibility index (Phi) is 6.22. The van der Waals surface area contributed by atoms with E-state index in [2.05, 4.69) is 32.9 Å². The Bertz CT molecular complexity index is 1080. The first-order chi connectivity index (χ1) is 17.7. The van der Waals surface area contributed by atoms with Gasteiger partial charge in [0, 0.05) is 30.4 Å². The summed E-state index contributed by atoms with van der Waals surface area (Å²) in [7, 11) is 0. The average molecular weight is 510 g/mol. The normalized spacial score (nSPS) is 44.5. The second kappa shape index (κ2) is 9.19. The fourth-order valence-corrected chi connectivity index (χ4v) is 8.35. The van der Waals surface area contributed by atoms with Crippen molar-refractivity contribution in [1.82, 2.24) is 0 Å². The van der Waals surface area contributed by atoms with Crippen LogP contribution in [0.25, 0.3) is 0 Å². The molecule has 9 unspecified atom stereocenters. The van der Waals surface area contributed by atoms with Gasteiger partial charge in [-0.2, -0.15) is 0 Å². The molecular weight excluding hydrogens is 470 g/mol. The number of carbonyl (C=O) groups excluding carboxylic acids is 1. The highest BCUT2D eigenvalue weighted by Gasteiger charge is 2.61. The van der Waals surface area contributed by atoms with Crippen molar-refractivity contribution in [3.05, 3.63) is 52.1 Å². The van der Waals surface area contributed by atoms with Crippen LogP contribution in [-0.4, -0.2) is 35.5 Å². The van der Waals surface area contributed by atoms with Gasteiger partial charge in [-0.15, -0.1) is 0 Å². The molecule has 0 aromatic heterocycles. The van der Waals surface area contributed by atoms with Gasteiger partial charge in [-0.05, 0) is 79.7 Å². The summed E-state index contributed by atoms with van der Waals surface area (Å²) in [6.45, 7) is 7.86. The largest absolute Gasteiger partial charge is 0.459 e. The van der Waals surface area contributed by atoms with E-state index >= 15 is 0 Å². The van der Waals surface area contributed by atoms with Gasteiger partial charge in [-0.25, -0.2) is 4.79 Å². The average Bonchev–Trinajstić information content (AvgIpc) is 3.17. The third-order valence-corrected chi connectivity index (χ3v) is 10.7. The minimum Gasteiger partial charge on any atom is -0.459 e. The van der Waals surface area contributed by atoms with E-state index in [0.29, 0.717) is 41.1 Å². The third kappa shape index (κ3) is 4.13. The molecular formula is C30H39NO6. The summed E-state index contributed by atoms with van der Waals surface area (Å²) >= 11 is 0. The molecule has 10 atom stereocenters. The Morgan fingerprint density at radius 3 is 2.57 bits per heavy atom. The number of nitro groups is 1. The molecule has 2 aliphatic heterocycles. The molecule has 3 aliphatic carbocycles. The molecule has 2 saturated heterocycles. The van der Waals surface area contributed by atoms with Crippen LogP contribution in [-0.2, 0) is 14.2 Å². The second-order valence-corrected chi connectivity index (χ2v) is 12.7. The molecule has 0 N–H and O–H groups in total. The van der Waals surface area contributed by atoms with Crippen LogP contribution in [0.2, 0.25) is 0 Å². The summed E-state index contributed by atoms with van der Waals surface area (Å²) in [5.74, 6) is 2.15. The highest BCUT2D eigenvalue weighted by molar-refractivity contribution is 5.89. The maximum atomic E-state index is 12.7. The maximum absolute atomic E-state index is 12.7. The highest BCUT2D eigenvalue weighted by Crippen LogP contribution is 2.62. The van der Waals surface area contributed by atoms with E-state index < -0.39 is 16.7 Å². The van der Waals surface area contributed by atoms with E-state index in [0.717, 1.165) is 32.3 Å². The standard InChI is InChI=1S/C30H39NO6/c1-18-12-15-30(35-17-18)19(2)24-10-11-26-25(27(24)37-30)9-6-21-16-23(13-14-29(21,26)3)36-28(32)20-4-7-22(8-5-20)31(33)34/h4-9,18-19,21,23-27H,10-17H2,1-3H3/t18?,19?,21?,23?,24?,25?,26?,27?,29-,30?/m0/s1. The van der Waals surface area contributed by atoms with Crippen molar-refractivity contribution in [2.45, 2.75) is 83.7 Å². The number of nitrogens with zero attached hydrogens (tertiary/aromatic N) is 1. The van der Waals surface area contributed by atoms with Gasteiger partial charge in [0.2, 0.25) is 0 Å². The van der Waals surface area contributed by atoms with Crippen LogP contribution in [0.15, 0.2) is 36.4 Å². The Labute approximate surface area is 219 Å². The third-order valence-electron chi connectivity index (χ3n) is 10.7. The Balaban J connectivity index is 1.14. The van der Waals surface area contributed by atoms with E-state index in [-0.39, 0.29) is 23.3 Å². The summed E-state index contributed by atoms with van der Waals surface area (Å²) in [6, 6.07) is 5.65. The predicted octanol–water partition coefficient (Wildman–Crippen LogP) is 6.32. The van der Waals surface area contributed by atoms with E-state index in [9.17, 15) is 14.9 Å². The van der Waals surface area contributed by atoms with Gasteiger partial charge in [0.15, 0.2) is 5.79 Å². The highest BCUT2D eigenvalue weighted by atomic mass is 16.7. The van der Waals surface area contributed by atoms with E-state index in [1.165, 1.54) is 43.5 Å². The van der Waals surface area contributed by atoms with Gasteiger partial charge >= 0.3 is 5.97 Å². The van der Waals surface area contributed by atoms with Gasteiger partial charge < -0.3 is 14.2 Å². The molecule has 7 nitrogen and oxygen atoms in total. The van der Waals surface area contributed by atoms with Crippen LogP contribution in [0.4, 0.5) is 5.69 Å². The molecule has 2 heterocycles. The Morgan fingerprint density at radius 1 is 1.08 bits per heavy atom.